The van der Waals surface area contributed by atoms with Crippen molar-refractivity contribution in [3.05, 3.63) is 59.2 Å². The molecule has 1 amide bonds. The molecule has 0 aromatic heterocycles. The standard InChI is InChI=1S/C23H21F2NO6/c1-31-15-6-3-5-13(9-15)14-10-18(24)21(19(25)11-14)26(12-20(27)32-2)22(28)16-7-4-8-17(16)23(29)30/h3,5-6,9-11H,4,7-8,12H2,1-2H3,(H,29,30)/i1D3. The molecule has 3 rings (SSSR count). The molecule has 0 heterocycles. The van der Waals surface area contributed by atoms with Gasteiger partial charge < -0.3 is 14.6 Å². The smallest absolute Gasteiger partial charge is 0.332 e. The number of carboxylic acid groups (broad SMARTS) is 1. The SMILES string of the molecule is [2H]C([2H])([2H])Oc1cccc(-c2cc(F)c(N(CC(=O)OC)C(=O)C3=C(C(=O)O)CCC3)c(F)c2)c1. The van der Waals surface area contributed by atoms with E-state index in [9.17, 15) is 19.5 Å². The third-order valence-corrected chi connectivity index (χ3v) is 5.07. The summed E-state index contributed by atoms with van der Waals surface area (Å²) in [6, 6.07) is 7.37. The normalized spacial score (nSPS) is 14.9. The number of aliphatic carboxylic acids is 1. The van der Waals surface area contributed by atoms with Gasteiger partial charge in [-0.25, -0.2) is 13.6 Å². The van der Waals surface area contributed by atoms with Gasteiger partial charge in [0.25, 0.3) is 5.91 Å². The number of rotatable bonds is 7. The number of ether oxygens (including phenoxy) is 2. The van der Waals surface area contributed by atoms with Crippen molar-refractivity contribution in [1.82, 2.24) is 0 Å². The van der Waals surface area contributed by atoms with Crippen LogP contribution in [0.15, 0.2) is 47.5 Å². The van der Waals surface area contributed by atoms with Gasteiger partial charge in [0.2, 0.25) is 0 Å². The average molecular weight is 448 g/mol. The molecule has 0 saturated heterocycles. The van der Waals surface area contributed by atoms with E-state index in [1.807, 2.05) is 0 Å². The van der Waals surface area contributed by atoms with Gasteiger partial charge in [-0.2, -0.15) is 0 Å². The molecule has 0 saturated carbocycles. The summed E-state index contributed by atoms with van der Waals surface area (Å²) in [6.45, 7) is -0.846. The van der Waals surface area contributed by atoms with Crippen LogP contribution >= 0.6 is 0 Å². The molecule has 1 N–H and O–H groups in total. The van der Waals surface area contributed by atoms with Crippen molar-refractivity contribution in [2.75, 3.05) is 25.6 Å². The molecule has 0 atom stereocenters. The summed E-state index contributed by atoms with van der Waals surface area (Å²) in [7, 11) is -1.69. The largest absolute Gasteiger partial charge is 0.497 e. The second-order valence-electron chi connectivity index (χ2n) is 7.00. The molecule has 0 radical (unpaired) electrons. The molecular weight excluding hydrogens is 424 g/mol. The van der Waals surface area contributed by atoms with Crippen LogP contribution < -0.4 is 9.64 Å². The Morgan fingerprint density at radius 3 is 2.41 bits per heavy atom. The Labute approximate surface area is 187 Å². The van der Waals surface area contributed by atoms with Crippen LogP contribution in [0.1, 0.15) is 23.4 Å². The summed E-state index contributed by atoms with van der Waals surface area (Å²) < 4.78 is 61.4. The second-order valence-corrected chi connectivity index (χ2v) is 7.00. The van der Waals surface area contributed by atoms with Crippen LogP contribution in [-0.2, 0) is 19.1 Å². The summed E-state index contributed by atoms with van der Waals surface area (Å²) >= 11 is 0. The number of carbonyl (C=O) groups is 3. The van der Waals surface area contributed by atoms with E-state index in [4.69, 9.17) is 8.85 Å². The monoisotopic (exact) mass is 448 g/mol. The third kappa shape index (κ3) is 4.61. The number of carbonyl (C=O) groups excluding carboxylic acids is 2. The number of esters is 1. The third-order valence-electron chi connectivity index (χ3n) is 5.07. The second kappa shape index (κ2) is 9.59. The first kappa shape index (κ1) is 19.0. The van der Waals surface area contributed by atoms with Crippen molar-refractivity contribution in [3.8, 4) is 16.9 Å². The number of methoxy groups -OCH3 is 2. The zero-order chi connectivity index (χ0) is 25.9. The van der Waals surface area contributed by atoms with E-state index in [0.717, 1.165) is 19.2 Å². The lowest BCUT2D eigenvalue weighted by atomic mass is 10.0. The maximum Gasteiger partial charge on any atom is 0.332 e. The van der Waals surface area contributed by atoms with Crippen LogP contribution in [0.5, 0.6) is 5.75 Å². The lowest BCUT2D eigenvalue weighted by Crippen LogP contribution is -2.38. The zero-order valence-corrected chi connectivity index (χ0v) is 17.0. The predicted molar refractivity (Wildman–Crippen MR) is 111 cm³/mol. The molecule has 0 aliphatic heterocycles. The van der Waals surface area contributed by atoms with Crippen molar-refractivity contribution in [1.29, 1.82) is 0 Å². The van der Waals surface area contributed by atoms with E-state index < -0.39 is 48.8 Å². The first-order valence-corrected chi connectivity index (χ1v) is 9.53. The van der Waals surface area contributed by atoms with Gasteiger partial charge in [0.05, 0.1) is 18.3 Å². The molecule has 2 aromatic carbocycles. The Kier molecular flexibility index (Phi) is 5.69. The molecule has 0 bridgehead atoms. The fourth-order valence-corrected chi connectivity index (χ4v) is 3.55. The highest BCUT2D eigenvalue weighted by atomic mass is 19.1. The quantitative estimate of drug-likeness (QED) is 0.649. The molecule has 2 aromatic rings. The van der Waals surface area contributed by atoms with E-state index in [-0.39, 0.29) is 40.9 Å². The van der Waals surface area contributed by atoms with E-state index >= 15 is 8.78 Å². The van der Waals surface area contributed by atoms with Crippen LogP contribution in [0.4, 0.5) is 14.5 Å². The number of halogens is 2. The molecule has 7 nitrogen and oxygen atoms in total. The minimum atomic E-state index is -2.72. The molecule has 0 fully saturated rings. The van der Waals surface area contributed by atoms with Crippen molar-refractivity contribution in [2.24, 2.45) is 0 Å². The summed E-state index contributed by atoms with van der Waals surface area (Å²) in [5.41, 5.74) is -0.916. The Balaban J connectivity index is 2.05. The lowest BCUT2D eigenvalue weighted by Gasteiger charge is -2.24. The van der Waals surface area contributed by atoms with Gasteiger partial charge in [0, 0.05) is 11.1 Å². The lowest BCUT2D eigenvalue weighted by molar-refractivity contribution is -0.139. The fraction of sp³-hybridized carbons (Fsp3) is 0.261. The highest BCUT2D eigenvalue weighted by molar-refractivity contribution is 6.12. The Bertz CT molecular complexity index is 1190. The van der Waals surface area contributed by atoms with Gasteiger partial charge in [-0.05, 0) is 54.7 Å². The van der Waals surface area contributed by atoms with Crippen molar-refractivity contribution in [2.45, 2.75) is 19.3 Å². The highest BCUT2D eigenvalue weighted by Crippen LogP contribution is 2.34. The summed E-state index contributed by atoms with van der Waals surface area (Å²) in [5, 5.41) is 9.36. The first-order valence-electron chi connectivity index (χ1n) is 11.0. The molecule has 1 aliphatic rings. The van der Waals surface area contributed by atoms with Crippen LogP contribution in [0.3, 0.4) is 0 Å². The number of benzene rings is 2. The van der Waals surface area contributed by atoms with E-state index in [1.165, 1.54) is 24.3 Å². The molecule has 0 spiro atoms. The highest BCUT2D eigenvalue weighted by Gasteiger charge is 2.33. The van der Waals surface area contributed by atoms with Gasteiger partial charge in [0.15, 0.2) is 11.6 Å². The molecular formula is C23H21F2NO6. The van der Waals surface area contributed by atoms with Crippen molar-refractivity contribution < 1.29 is 41.9 Å². The van der Waals surface area contributed by atoms with Crippen molar-refractivity contribution >= 4 is 23.5 Å². The minimum absolute atomic E-state index is 0.0107. The van der Waals surface area contributed by atoms with Gasteiger partial charge in [-0.15, -0.1) is 0 Å². The van der Waals surface area contributed by atoms with Crippen LogP contribution in [0, 0.1) is 11.6 Å². The Hall–Kier alpha value is -3.75. The van der Waals surface area contributed by atoms with Crippen LogP contribution in [-0.4, -0.2) is 43.6 Å². The topological polar surface area (TPSA) is 93.1 Å². The van der Waals surface area contributed by atoms with Crippen molar-refractivity contribution in [3.63, 3.8) is 0 Å². The van der Waals surface area contributed by atoms with Gasteiger partial charge in [0.1, 0.15) is 18.0 Å². The maximum absolute atomic E-state index is 15.2. The molecule has 0 unspecified atom stereocenters. The van der Waals surface area contributed by atoms with Gasteiger partial charge in [-0.3, -0.25) is 14.5 Å². The zero-order valence-electron chi connectivity index (χ0n) is 20.0. The van der Waals surface area contributed by atoms with E-state index in [2.05, 4.69) is 4.74 Å². The summed E-state index contributed by atoms with van der Waals surface area (Å²) in [6.07, 6.45) is 0.560. The number of nitrogens with zero attached hydrogens (tertiary/aromatic N) is 1. The molecule has 9 heteroatoms. The number of hydrogen-bond donors (Lipinski definition) is 1. The number of hydrogen-bond acceptors (Lipinski definition) is 5. The number of carboxylic acids is 1. The number of amides is 1. The average Bonchev–Trinajstić information content (AvgIpc) is 3.26. The molecule has 168 valence electrons. The fourth-order valence-electron chi connectivity index (χ4n) is 3.55. The van der Waals surface area contributed by atoms with E-state index in [1.54, 1.807) is 0 Å². The first-order chi connectivity index (χ1) is 16.4. The van der Waals surface area contributed by atoms with Crippen LogP contribution in [0.2, 0.25) is 0 Å². The Morgan fingerprint density at radius 2 is 1.78 bits per heavy atom. The van der Waals surface area contributed by atoms with E-state index in [0.29, 0.717) is 11.3 Å². The van der Waals surface area contributed by atoms with Gasteiger partial charge >= 0.3 is 11.9 Å². The maximum atomic E-state index is 15.2. The Morgan fingerprint density at radius 1 is 1.09 bits per heavy atom. The predicted octanol–water partition coefficient (Wildman–Crippen LogP) is 3.71. The summed E-state index contributed by atoms with van der Waals surface area (Å²) in [5.74, 6) is -5.75. The minimum Gasteiger partial charge on any atom is -0.497 e. The van der Waals surface area contributed by atoms with Crippen LogP contribution in [0.25, 0.3) is 11.1 Å². The summed E-state index contributed by atoms with van der Waals surface area (Å²) in [4.78, 5) is 37.1. The van der Waals surface area contributed by atoms with Gasteiger partial charge in [-0.1, -0.05) is 12.1 Å². The molecule has 32 heavy (non-hydrogen) atoms. The molecule has 1 aliphatic carbocycles. The number of anilines is 1.